The number of rotatable bonds is 5. The van der Waals surface area contributed by atoms with Crippen LogP contribution in [-0.4, -0.2) is 33.9 Å². The number of fused-ring (bicyclic) bond motifs is 3. The predicted octanol–water partition coefficient (Wildman–Crippen LogP) is 4.87. The van der Waals surface area contributed by atoms with Gasteiger partial charge in [0.15, 0.2) is 0 Å². The first kappa shape index (κ1) is 20.9. The summed E-state index contributed by atoms with van der Waals surface area (Å²) in [6.07, 6.45) is 2.42. The molecule has 1 aliphatic rings. The second-order valence-electron chi connectivity index (χ2n) is 8.34. The first-order valence-corrected chi connectivity index (χ1v) is 10.9. The minimum Gasteiger partial charge on any atom is -0.331 e. The molecule has 1 unspecified atom stereocenters. The summed E-state index contributed by atoms with van der Waals surface area (Å²) in [7, 11) is 0. The molecule has 2 aromatic carbocycles. The molecule has 31 heavy (non-hydrogen) atoms. The third kappa shape index (κ3) is 3.76. The van der Waals surface area contributed by atoms with Crippen molar-refractivity contribution in [2.45, 2.75) is 46.2 Å². The van der Waals surface area contributed by atoms with Gasteiger partial charge in [0.2, 0.25) is 11.8 Å². The van der Waals surface area contributed by atoms with Crippen LogP contribution >= 0.6 is 0 Å². The number of carbonyl (C=O) groups is 2. The molecule has 2 amide bonds. The fourth-order valence-electron chi connectivity index (χ4n) is 4.40. The Bertz CT molecular complexity index is 1120. The summed E-state index contributed by atoms with van der Waals surface area (Å²) in [4.78, 5) is 29.9. The molecule has 1 aliphatic heterocycles. The maximum absolute atomic E-state index is 13.8. The largest absolute Gasteiger partial charge is 0.331 e. The smallest absolute Gasteiger partial charge is 0.247 e. The van der Waals surface area contributed by atoms with E-state index in [9.17, 15) is 9.59 Å². The molecule has 5 heteroatoms. The first-order chi connectivity index (χ1) is 14.9. The van der Waals surface area contributed by atoms with Gasteiger partial charge in [-0.05, 0) is 50.6 Å². The van der Waals surface area contributed by atoms with Gasteiger partial charge < -0.3 is 9.47 Å². The molecule has 1 atom stereocenters. The van der Waals surface area contributed by atoms with E-state index >= 15 is 0 Å². The highest BCUT2D eigenvalue weighted by atomic mass is 16.2. The van der Waals surface area contributed by atoms with Crippen LogP contribution in [0.25, 0.3) is 5.69 Å². The lowest BCUT2D eigenvalue weighted by molar-refractivity contribution is -0.136. The van der Waals surface area contributed by atoms with Crippen LogP contribution in [0, 0.1) is 6.92 Å². The summed E-state index contributed by atoms with van der Waals surface area (Å²) in [6.45, 7) is 7.86. The summed E-state index contributed by atoms with van der Waals surface area (Å²) in [5, 5.41) is 0. The Labute approximate surface area is 183 Å². The molecule has 0 aliphatic carbocycles. The molecule has 1 aromatic heterocycles. The minimum atomic E-state index is -0.261. The summed E-state index contributed by atoms with van der Waals surface area (Å²) in [5.41, 5.74) is 5.07. The lowest BCUT2D eigenvalue weighted by atomic mass is 9.96. The summed E-state index contributed by atoms with van der Waals surface area (Å²) in [6, 6.07) is 20.0. The van der Waals surface area contributed by atoms with Gasteiger partial charge >= 0.3 is 0 Å². The Hall–Kier alpha value is -3.34. The molecule has 0 radical (unpaired) electrons. The van der Waals surface area contributed by atoms with Crippen LogP contribution in [-0.2, 0) is 9.59 Å². The number of hydrogen-bond donors (Lipinski definition) is 0. The van der Waals surface area contributed by atoms with Crippen molar-refractivity contribution in [1.82, 2.24) is 9.47 Å². The monoisotopic (exact) mass is 415 g/mol. The van der Waals surface area contributed by atoms with Crippen molar-refractivity contribution in [3.05, 3.63) is 83.7 Å². The van der Waals surface area contributed by atoms with Crippen LogP contribution < -0.4 is 4.90 Å². The Morgan fingerprint density at radius 1 is 1.00 bits per heavy atom. The Morgan fingerprint density at radius 2 is 1.74 bits per heavy atom. The quantitative estimate of drug-likeness (QED) is 0.597. The van der Waals surface area contributed by atoms with E-state index < -0.39 is 0 Å². The summed E-state index contributed by atoms with van der Waals surface area (Å²) in [5.74, 6) is -0.0916. The van der Waals surface area contributed by atoms with Gasteiger partial charge in [-0.1, -0.05) is 48.9 Å². The normalized spacial score (nSPS) is 14.9. The lowest BCUT2D eigenvalue weighted by Crippen LogP contribution is -2.48. The van der Waals surface area contributed by atoms with Crippen LogP contribution in [0.5, 0.6) is 0 Å². The fraction of sp³-hybridized carbons (Fsp3) is 0.308. The third-order valence-corrected chi connectivity index (χ3v) is 5.90. The van der Waals surface area contributed by atoms with Gasteiger partial charge in [0.1, 0.15) is 12.6 Å². The number of anilines is 1. The number of amides is 2. The predicted molar refractivity (Wildman–Crippen MR) is 123 cm³/mol. The average Bonchev–Trinajstić information content (AvgIpc) is 3.25. The Morgan fingerprint density at radius 3 is 2.42 bits per heavy atom. The zero-order valence-corrected chi connectivity index (χ0v) is 18.6. The van der Waals surface area contributed by atoms with Crippen molar-refractivity contribution in [2.24, 2.45) is 0 Å². The Balaban J connectivity index is 1.84. The minimum absolute atomic E-state index is 0.0101. The van der Waals surface area contributed by atoms with Crippen LogP contribution in [0.4, 0.5) is 5.69 Å². The van der Waals surface area contributed by atoms with Gasteiger partial charge in [0, 0.05) is 18.7 Å². The van der Waals surface area contributed by atoms with E-state index in [1.165, 1.54) is 0 Å². The number of carbonyl (C=O) groups excluding carboxylic acids is 2. The number of hydrogen-bond acceptors (Lipinski definition) is 2. The summed E-state index contributed by atoms with van der Waals surface area (Å²) >= 11 is 0. The molecule has 3 aromatic rings. The van der Waals surface area contributed by atoms with Crippen LogP contribution in [0.2, 0.25) is 0 Å². The number of nitrogens with zero attached hydrogens (tertiary/aromatic N) is 3. The van der Waals surface area contributed by atoms with Gasteiger partial charge in [-0.25, -0.2) is 0 Å². The first-order valence-electron chi connectivity index (χ1n) is 10.9. The molecule has 160 valence electrons. The highest BCUT2D eigenvalue weighted by Gasteiger charge is 2.37. The Kier molecular flexibility index (Phi) is 5.68. The van der Waals surface area contributed by atoms with Crippen molar-refractivity contribution in [3.8, 4) is 5.69 Å². The molecule has 5 nitrogen and oxygen atoms in total. The molecule has 0 fully saturated rings. The van der Waals surface area contributed by atoms with Crippen molar-refractivity contribution >= 4 is 17.5 Å². The molecule has 0 saturated carbocycles. The van der Waals surface area contributed by atoms with Gasteiger partial charge in [-0.3, -0.25) is 14.5 Å². The molecular formula is C26H29N3O2. The average molecular weight is 416 g/mol. The number of benzene rings is 2. The third-order valence-electron chi connectivity index (χ3n) is 5.90. The van der Waals surface area contributed by atoms with Gasteiger partial charge in [-0.15, -0.1) is 0 Å². The van der Waals surface area contributed by atoms with E-state index in [-0.39, 0.29) is 30.4 Å². The molecular weight excluding hydrogens is 386 g/mol. The zero-order valence-electron chi connectivity index (χ0n) is 18.6. The standard InChI is InChI=1S/C26H29N3O2/c1-5-24(30)28(18(2)3)17-25(31)29-22-13-7-6-12-21(22)27-15-9-14-23(27)26(29)20-11-8-10-19(4)16-20/h6-16,18,26H,5,17H2,1-4H3. The zero-order chi connectivity index (χ0) is 22.1. The topological polar surface area (TPSA) is 45.6 Å². The van der Waals surface area contributed by atoms with E-state index in [0.717, 1.165) is 28.2 Å². The number of aryl methyl sites for hydroxylation is 1. The van der Waals surface area contributed by atoms with E-state index in [1.807, 2.05) is 68.3 Å². The number of para-hydroxylation sites is 2. The SMILES string of the molecule is CCC(=O)N(CC(=O)N1c2ccccc2-n2cccc2C1c1cccc(C)c1)C(C)C. The van der Waals surface area contributed by atoms with Crippen LogP contribution in [0.3, 0.4) is 0 Å². The van der Waals surface area contributed by atoms with E-state index in [4.69, 9.17) is 0 Å². The van der Waals surface area contributed by atoms with Crippen molar-refractivity contribution in [1.29, 1.82) is 0 Å². The van der Waals surface area contributed by atoms with Crippen LogP contribution in [0.15, 0.2) is 66.9 Å². The molecule has 2 heterocycles. The van der Waals surface area contributed by atoms with Crippen molar-refractivity contribution in [2.75, 3.05) is 11.4 Å². The van der Waals surface area contributed by atoms with Gasteiger partial charge in [0.05, 0.1) is 17.1 Å². The second kappa shape index (κ2) is 8.42. The van der Waals surface area contributed by atoms with E-state index in [2.05, 4.69) is 35.8 Å². The highest BCUT2D eigenvalue weighted by molar-refractivity contribution is 6.00. The van der Waals surface area contributed by atoms with Crippen molar-refractivity contribution < 1.29 is 9.59 Å². The van der Waals surface area contributed by atoms with Crippen LogP contribution in [0.1, 0.15) is 50.1 Å². The molecule has 0 saturated heterocycles. The highest BCUT2D eigenvalue weighted by Crippen LogP contribution is 2.42. The lowest BCUT2D eigenvalue weighted by Gasteiger charge is -2.40. The molecule has 0 spiro atoms. The maximum atomic E-state index is 13.8. The van der Waals surface area contributed by atoms with Gasteiger partial charge in [-0.2, -0.15) is 0 Å². The number of aromatic nitrogens is 1. The molecule has 4 rings (SSSR count). The van der Waals surface area contributed by atoms with Crippen molar-refractivity contribution in [3.63, 3.8) is 0 Å². The fourth-order valence-corrected chi connectivity index (χ4v) is 4.40. The molecule has 0 N–H and O–H groups in total. The van der Waals surface area contributed by atoms with Gasteiger partial charge in [0.25, 0.3) is 0 Å². The van der Waals surface area contributed by atoms with E-state index in [1.54, 1.807) is 4.90 Å². The second-order valence-corrected chi connectivity index (χ2v) is 8.34. The maximum Gasteiger partial charge on any atom is 0.247 e. The summed E-state index contributed by atoms with van der Waals surface area (Å²) < 4.78 is 2.16. The molecule has 0 bridgehead atoms. The van der Waals surface area contributed by atoms with E-state index in [0.29, 0.717) is 6.42 Å².